The van der Waals surface area contributed by atoms with Crippen LogP contribution in [0.15, 0.2) is 11.1 Å². The molecule has 16 heavy (non-hydrogen) atoms. The number of carbonyl (C=O) groups excluding carboxylic acids is 1. The first-order valence-electron chi connectivity index (χ1n) is 5.07. The first kappa shape index (κ1) is 13.0. The van der Waals surface area contributed by atoms with E-state index in [1.807, 2.05) is 0 Å². The Morgan fingerprint density at radius 2 is 2.25 bits per heavy atom. The van der Waals surface area contributed by atoms with E-state index in [1.54, 1.807) is 4.90 Å². The number of hydrogen-bond donors (Lipinski definition) is 2. The lowest BCUT2D eigenvalue weighted by Crippen LogP contribution is -2.39. The number of hydrogen-bond acceptors (Lipinski definition) is 2. The van der Waals surface area contributed by atoms with Gasteiger partial charge in [0.05, 0.1) is 6.54 Å². The highest BCUT2D eigenvalue weighted by molar-refractivity contribution is 9.11. The highest BCUT2D eigenvalue weighted by Gasteiger charge is 2.27. The molecule has 2 N–H and O–H groups in total. The van der Waals surface area contributed by atoms with Gasteiger partial charge in [-0.2, -0.15) is 0 Å². The van der Waals surface area contributed by atoms with Gasteiger partial charge in [0, 0.05) is 24.0 Å². The smallest absolute Gasteiger partial charge is 0.317 e. The molecule has 0 bridgehead atoms. The molecule has 0 spiro atoms. The minimum atomic E-state index is -0.805. The van der Waals surface area contributed by atoms with Gasteiger partial charge in [-0.3, -0.25) is 4.79 Å². The normalized spacial score (nSPS) is 19.6. The van der Waals surface area contributed by atoms with Gasteiger partial charge in [-0.1, -0.05) is 22.5 Å². The van der Waals surface area contributed by atoms with Crippen LogP contribution in [0.2, 0.25) is 0 Å². The molecule has 1 aliphatic rings. The van der Waals surface area contributed by atoms with E-state index in [0.717, 1.165) is 6.42 Å². The van der Waals surface area contributed by atoms with Crippen LogP contribution >= 0.6 is 15.9 Å². The van der Waals surface area contributed by atoms with Gasteiger partial charge in [-0.15, -0.1) is 0 Å². The van der Waals surface area contributed by atoms with Gasteiger partial charge in [0.2, 0.25) is 0 Å². The van der Waals surface area contributed by atoms with E-state index in [9.17, 15) is 9.59 Å². The summed E-state index contributed by atoms with van der Waals surface area (Å²) in [7, 11) is 0. The molecule has 0 radical (unpaired) electrons. The number of carboxylic acids is 1. The predicted molar refractivity (Wildman–Crippen MR) is 63.4 cm³/mol. The van der Waals surface area contributed by atoms with Crippen LogP contribution in [-0.4, -0.2) is 41.6 Å². The number of halogens is 1. The van der Waals surface area contributed by atoms with Crippen LogP contribution in [0.1, 0.15) is 12.8 Å². The van der Waals surface area contributed by atoms with E-state index in [4.69, 9.17) is 5.11 Å². The number of likely N-dealkylation sites (tertiary alicyclic amines) is 1. The fourth-order valence-corrected chi connectivity index (χ4v) is 1.85. The average Bonchev–Trinajstić information content (AvgIpc) is 2.61. The third-order valence-corrected chi connectivity index (χ3v) is 2.75. The zero-order valence-corrected chi connectivity index (χ0v) is 10.5. The molecule has 0 aromatic rings. The third kappa shape index (κ3) is 4.22. The van der Waals surface area contributed by atoms with Gasteiger partial charge in [0.15, 0.2) is 0 Å². The lowest BCUT2D eigenvalue weighted by molar-refractivity contribution is -0.138. The number of carbonyl (C=O) groups is 2. The molecule has 1 rings (SSSR count). The molecule has 6 heteroatoms. The maximum atomic E-state index is 11.6. The van der Waals surface area contributed by atoms with Crippen molar-refractivity contribution in [3.8, 4) is 0 Å². The summed E-state index contributed by atoms with van der Waals surface area (Å²) in [4.78, 5) is 23.7. The van der Waals surface area contributed by atoms with Crippen LogP contribution in [0.5, 0.6) is 0 Å². The number of nitrogens with zero attached hydrogens (tertiary/aromatic N) is 1. The maximum absolute atomic E-state index is 11.6. The van der Waals surface area contributed by atoms with Gasteiger partial charge < -0.3 is 15.3 Å². The summed E-state index contributed by atoms with van der Waals surface area (Å²) in [5.41, 5.74) is 0. The molecular formula is C10H15BrN2O3. The van der Waals surface area contributed by atoms with Crippen LogP contribution in [0.25, 0.3) is 0 Å². The predicted octanol–water partition coefficient (Wildman–Crippen LogP) is 1.40. The van der Waals surface area contributed by atoms with Crippen LogP contribution in [-0.2, 0) is 4.79 Å². The molecule has 1 aliphatic heterocycles. The van der Waals surface area contributed by atoms with Gasteiger partial charge in [0.1, 0.15) is 0 Å². The molecule has 0 aromatic carbocycles. The molecule has 0 aliphatic carbocycles. The quantitative estimate of drug-likeness (QED) is 0.822. The van der Waals surface area contributed by atoms with Crippen molar-refractivity contribution in [2.45, 2.75) is 12.8 Å². The molecule has 1 heterocycles. The van der Waals surface area contributed by atoms with Gasteiger partial charge in [0.25, 0.3) is 0 Å². The lowest BCUT2D eigenvalue weighted by Gasteiger charge is -2.16. The zero-order valence-electron chi connectivity index (χ0n) is 8.91. The van der Waals surface area contributed by atoms with Crippen LogP contribution in [0.4, 0.5) is 4.79 Å². The molecule has 2 amide bonds. The Labute approximate surface area is 103 Å². The van der Waals surface area contributed by atoms with Crippen molar-refractivity contribution in [2.75, 3.05) is 19.6 Å². The molecule has 1 unspecified atom stereocenters. The van der Waals surface area contributed by atoms with Gasteiger partial charge in [-0.25, -0.2) is 4.79 Å². The van der Waals surface area contributed by atoms with E-state index in [2.05, 4.69) is 27.8 Å². The topological polar surface area (TPSA) is 69.6 Å². The fourth-order valence-electron chi connectivity index (χ4n) is 1.71. The number of urea groups is 1. The molecule has 90 valence electrons. The highest BCUT2D eigenvalue weighted by Crippen LogP contribution is 2.19. The van der Waals surface area contributed by atoms with Gasteiger partial charge >= 0.3 is 12.0 Å². The second-order valence-electron chi connectivity index (χ2n) is 3.87. The summed E-state index contributed by atoms with van der Waals surface area (Å²) in [5, 5.41) is 11.3. The summed E-state index contributed by atoms with van der Waals surface area (Å²) in [6, 6.07) is -0.159. The molecule has 5 nitrogen and oxygen atoms in total. The first-order valence-corrected chi connectivity index (χ1v) is 5.86. The van der Waals surface area contributed by atoms with E-state index < -0.39 is 5.97 Å². The van der Waals surface area contributed by atoms with Crippen LogP contribution < -0.4 is 5.32 Å². The summed E-state index contributed by atoms with van der Waals surface area (Å²) < 4.78 is 0.710. The molecular weight excluding hydrogens is 276 g/mol. The minimum Gasteiger partial charge on any atom is -0.481 e. The molecule has 1 atom stereocenters. The lowest BCUT2D eigenvalue weighted by atomic mass is 10.1. The molecule has 0 saturated carbocycles. The Bertz CT molecular complexity index is 306. The monoisotopic (exact) mass is 290 g/mol. The summed E-state index contributed by atoms with van der Waals surface area (Å²) in [6.07, 6.45) is 0.893. The van der Waals surface area contributed by atoms with E-state index in [-0.39, 0.29) is 18.4 Å². The second-order valence-corrected chi connectivity index (χ2v) is 5.00. The van der Waals surface area contributed by atoms with E-state index >= 15 is 0 Å². The Kier molecular flexibility index (Phi) is 4.79. The Morgan fingerprint density at radius 3 is 2.81 bits per heavy atom. The van der Waals surface area contributed by atoms with Crippen molar-refractivity contribution in [1.82, 2.24) is 10.2 Å². The fraction of sp³-hybridized carbons (Fsp3) is 0.600. The summed E-state index contributed by atoms with van der Waals surface area (Å²) in [5.74, 6) is -0.725. The standard InChI is InChI=1S/C10H15BrN2O3/c1-7(11)5-12-10(16)13-3-2-8(6-13)4-9(14)15/h8H,1-6H2,(H,12,16)(H,14,15). The molecule has 1 fully saturated rings. The van der Waals surface area contributed by atoms with Crippen molar-refractivity contribution >= 4 is 27.9 Å². The highest BCUT2D eigenvalue weighted by atomic mass is 79.9. The Hall–Kier alpha value is -1.04. The molecule has 1 saturated heterocycles. The second kappa shape index (κ2) is 5.89. The Balaban J connectivity index is 2.32. The number of aliphatic carboxylic acids is 1. The number of carboxylic acid groups (broad SMARTS) is 1. The number of rotatable bonds is 4. The van der Waals surface area contributed by atoms with E-state index in [0.29, 0.717) is 24.1 Å². The van der Waals surface area contributed by atoms with Crippen molar-refractivity contribution in [1.29, 1.82) is 0 Å². The van der Waals surface area contributed by atoms with Crippen LogP contribution in [0, 0.1) is 5.92 Å². The largest absolute Gasteiger partial charge is 0.481 e. The Morgan fingerprint density at radius 1 is 1.56 bits per heavy atom. The third-order valence-electron chi connectivity index (χ3n) is 2.47. The maximum Gasteiger partial charge on any atom is 0.317 e. The summed E-state index contributed by atoms with van der Waals surface area (Å²) in [6.45, 7) is 5.15. The first-order chi connectivity index (χ1) is 7.49. The van der Waals surface area contributed by atoms with E-state index in [1.165, 1.54) is 0 Å². The minimum absolute atomic E-state index is 0.0791. The SMILES string of the molecule is C=C(Br)CNC(=O)N1CCC(CC(=O)O)C1. The van der Waals surface area contributed by atoms with Crippen molar-refractivity contribution in [3.05, 3.63) is 11.1 Å². The van der Waals surface area contributed by atoms with Crippen LogP contribution in [0.3, 0.4) is 0 Å². The molecule has 0 aromatic heterocycles. The van der Waals surface area contributed by atoms with Crippen molar-refractivity contribution in [2.24, 2.45) is 5.92 Å². The zero-order chi connectivity index (χ0) is 12.1. The number of nitrogens with one attached hydrogen (secondary N) is 1. The summed E-state index contributed by atoms with van der Waals surface area (Å²) >= 11 is 3.15. The number of amides is 2. The van der Waals surface area contributed by atoms with Gasteiger partial charge in [-0.05, 0) is 12.3 Å². The van der Waals surface area contributed by atoms with Crippen molar-refractivity contribution in [3.63, 3.8) is 0 Å². The average molecular weight is 291 g/mol. The van der Waals surface area contributed by atoms with Crippen molar-refractivity contribution < 1.29 is 14.7 Å².